The molecule has 0 fully saturated rings. The van der Waals surface area contributed by atoms with Crippen molar-refractivity contribution in [2.45, 2.75) is 26.1 Å². The summed E-state index contributed by atoms with van der Waals surface area (Å²) in [5.41, 5.74) is 4.81. The molecule has 2 amide bonds. The fourth-order valence-electron chi connectivity index (χ4n) is 4.20. The Bertz CT molecular complexity index is 1960. The van der Waals surface area contributed by atoms with Crippen molar-refractivity contribution in [3.8, 4) is 0 Å². The average Bonchev–Trinajstić information content (AvgIpc) is 3.49. The van der Waals surface area contributed by atoms with Gasteiger partial charge in [0, 0.05) is 24.7 Å². The van der Waals surface area contributed by atoms with Crippen molar-refractivity contribution in [2.24, 2.45) is 0 Å². The maximum atomic E-state index is 14.3. The molecule has 5 aromatic rings. The van der Waals surface area contributed by atoms with Crippen molar-refractivity contribution < 1.29 is 23.9 Å². The summed E-state index contributed by atoms with van der Waals surface area (Å²) < 4.78 is 15.4. The quantitative estimate of drug-likeness (QED) is 0.141. The zero-order chi connectivity index (χ0) is 30.8. The number of nitrogens with zero attached hydrogens (tertiary/aromatic N) is 5. The van der Waals surface area contributed by atoms with Crippen LogP contribution in [0.5, 0.6) is 0 Å². The fraction of sp³-hybridized carbons (Fsp3) is 0.148. The van der Waals surface area contributed by atoms with Gasteiger partial charge in [-0.2, -0.15) is 4.52 Å². The van der Waals surface area contributed by atoms with Gasteiger partial charge in [-0.05, 0) is 52.7 Å². The van der Waals surface area contributed by atoms with Gasteiger partial charge in [0.15, 0.2) is 0 Å². The van der Waals surface area contributed by atoms with Gasteiger partial charge in [0.25, 0.3) is 28.4 Å². The minimum atomic E-state index is -1.08. The van der Waals surface area contributed by atoms with Gasteiger partial charge < -0.3 is 26.8 Å². The number of halogens is 1. The molecule has 0 unspecified atom stereocenters. The lowest BCUT2D eigenvalue weighted by atomic mass is 10.1. The van der Waals surface area contributed by atoms with Gasteiger partial charge in [-0.15, -0.1) is 0 Å². The Kier molecular flexibility index (Phi) is 7.57. The van der Waals surface area contributed by atoms with Crippen LogP contribution in [0.4, 0.5) is 15.8 Å². The number of benzene rings is 2. The van der Waals surface area contributed by atoms with Gasteiger partial charge >= 0.3 is 5.97 Å². The van der Waals surface area contributed by atoms with E-state index in [1.165, 1.54) is 36.4 Å². The highest BCUT2D eigenvalue weighted by atomic mass is 19.1. The molecule has 15 nitrogen and oxygen atoms in total. The smallest absolute Gasteiger partial charge is 0.335 e. The first-order chi connectivity index (χ1) is 20.5. The SMILES string of the molecule is C[C@@H](NC(=O)c1cc(C(=O)NCc2ccc(F)c(CNc3c(N)c(=O)c3=O)c2)nc2nnnn12)c1ccc(C(=O)O)cc1. The van der Waals surface area contributed by atoms with E-state index in [2.05, 4.69) is 36.5 Å². The van der Waals surface area contributed by atoms with Crippen LogP contribution in [0.25, 0.3) is 5.78 Å². The minimum absolute atomic E-state index is 0.0446. The molecule has 43 heavy (non-hydrogen) atoms. The molecule has 16 heteroatoms. The summed E-state index contributed by atoms with van der Waals surface area (Å²) in [7, 11) is 0. The third kappa shape index (κ3) is 5.74. The Labute approximate surface area is 240 Å². The highest BCUT2D eigenvalue weighted by Crippen LogP contribution is 2.17. The molecule has 0 bridgehead atoms. The summed E-state index contributed by atoms with van der Waals surface area (Å²) in [4.78, 5) is 64.2. The summed E-state index contributed by atoms with van der Waals surface area (Å²) >= 11 is 0. The van der Waals surface area contributed by atoms with E-state index in [-0.39, 0.29) is 52.8 Å². The summed E-state index contributed by atoms with van der Waals surface area (Å²) in [5.74, 6) is -3.05. The molecule has 0 radical (unpaired) electrons. The molecule has 0 spiro atoms. The second-order valence-electron chi connectivity index (χ2n) is 9.45. The number of fused-ring (bicyclic) bond motifs is 1. The first-order valence-electron chi connectivity index (χ1n) is 12.6. The lowest BCUT2D eigenvalue weighted by molar-refractivity contribution is 0.0696. The normalized spacial score (nSPS) is 11.8. The maximum absolute atomic E-state index is 14.3. The molecule has 218 valence electrons. The van der Waals surface area contributed by atoms with Gasteiger partial charge in [0.1, 0.15) is 28.6 Å². The second kappa shape index (κ2) is 11.4. The van der Waals surface area contributed by atoms with Crippen molar-refractivity contribution in [1.29, 1.82) is 0 Å². The third-order valence-electron chi connectivity index (χ3n) is 6.61. The number of carbonyl (C=O) groups excluding carboxylic acids is 2. The summed E-state index contributed by atoms with van der Waals surface area (Å²) in [6.45, 7) is 1.53. The predicted octanol–water partition coefficient (Wildman–Crippen LogP) is 0.568. The minimum Gasteiger partial charge on any atom is -0.478 e. The standard InChI is InChI=1S/C27H22FN9O6/c1-12(14-3-5-15(6-4-14)26(42)43)32-25(41)19-9-18(33-27-34-35-36-37(19)27)24(40)31-10-13-2-7-17(28)16(8-13)11-30-21-20(29)22(38)23(21)39/h2-9,12,30H,10-11,29H2,1H3,(H,31,40)(H,32,41)(H,42,43)/t12-/m1/s1. The Morgan fingerprint density at radius 3 is 2.47 bits per heavy atom. The van der Waals surface area contributed by atoms with Gasteiger partial charge in [-0.3, -0.25) is 19.2 Å². The average molecular weight is 588 g/mol. The van der Waals surface area contributed by atoms with Crippen LogP contribution in [0, 0.1) is 5.82 Å². The Balaban J connectivity index is 1.28. The summed E-state index contributed by atoms with van der Waals surface area (Å²) in [6.07, 6.45) is 0. The van der Waals surface area contributed by atoms with E-state index < -0.39 is 40.5 Å². The molecular formula is C27H22FN9O6. The summed E-state index contributed by atoms with van der Waals surface area (Å²) in [6, 6.07) is 10.8. The third-order valence-corrected chi connectivity index (χ3v) is 6.61. The van der Waals surface area contributed by atoms with E-state index in [9.17, 15) is 28.4 Å². The van der Waals surface area contributed by atoms with Gasteiger partial charge in [-0.1, -0.05) is 23.3 Å². The number of carboxylic acids is 1. The molecule has 0 aliphatic carbocycles. The van der Waals surface area contributed by atoms with Crippen LogP contribution in [-0.2, 0) is 13.1 Å². The van der Waals surface area contributed by atoms with Crippen LogP contribution in [0.3, 0.4) is 0 Å². The number of tetrazole rings is 1. The number of hydrogen-bond donors (Lipinski definition) is 5. The van der Waals surface area contributed by atoms with Crippen LogP contribution in [0.1, 0.15) is 61.0 Å². The number of anilines is 2. The van der Waals surface area contributed by atoms with Gasteiger partial charge in [0.05, 0.1) is 11.6 Å². The molecule has 1 atom stereocenters. The number of rotatable bonds is 10. The van der Waals surface area contributed by atoms with Crippen molar-refractivity contribution in [3.05, 3.63) is 108 Å². The Hall–Kier alpha value is -6.06. The highest BCUT2D eigenvalue weighted by molar-refractivity contribution is 5.98. The van der Waals surface area contributed by atoms with Gasteiger partial charge in [-0.25, -0.2) is 14.2 Å². The predicted molar refractivity (Wildman–Crippen MR) is 149 cm³/mol. The molecule has 2 aromatic heterocycles. The van der Waals surface area contributed by atoms with Crippen molar-refractivity contribution in [1.82, 2.24) is 35.7 Å². The van der Waals surface area contributed by atoms with E-state index in [0.717, 1.165) is 4.52 Å². The molecule has 0 aliphatic heterocycles. The van der Waals surface area contributed by atoms with Crippen LogP contribution in [0.2, 0.25) is 0 Å². The number of carbonyl (C=O) groups is 3. The fourth-order valence-corrected chi connectivity index (χ4v) is 4.20. The van der Waals surface area contributed by atoms with Crippen LogP contribution in [0.15, 0.2) is 58.1 Å². The molecule has 6 N–H and O–H groups in total. The number of carboxylic acid groups (broad SMARTS) is 1. The number of aromatic nitrogens is 5. The van der Waals surface area contributed by atoms with E-state index in [4.69, 9.17) is 10.8 Å². The number of nitrogens with one attached hydrogen (secondary N) is 3. The molecule has 0 saturated carbocycles. The second-order valence-corrected chi connectivity index (χ2v) is 9.45. The first-order valence-corrected chi connectivity index (χ1v) is 12.6. The largest absolute Gasteiger partial charge is 0.478 e. The number of nitrogen functional groups attached to an aromatic ring is 1. The lowest BCUT2D eigenvalue weighted by Crippen LogP contribution is -2.37. The molecule has 0 aliphatic rings. The van der Waals surface area contributed by atoms with Gasteiger partial charge in [0.2, 0.25) is 0 Å². The molecular weight excluding hydrogens is 565 g/mol. The van der Waals surface area contributed by atoms with Crippen LogP contribution in [-0.4, -0.2) is 47.9 Å². The van der Waals surface area contributed by atoms with E-state index in [0.29, 0.717) is 11.1 Å². The van der Waals surface area contributed by atoms with E-state index >= 15 is 0 Å². The zero-order valence-electron chi connectivity index (χ0n) is 22.3. The zero-order valence-corrected chi connectivity index (χ0v) is 22.3. The maximum Gasteiger partial charge on any atom is 0.335 e. The summed E-state index contributed by atoms with van der Waals surface area (Å²) in [5, 5.41) is 28.2. The lowest BCUT2D eigenvalue weighted by Gasteiger charge is -2.15. The number of aromatic carboxylic acids is 1. The Morgan fingerprint density at radius 2 is 1.77 bits per heavy atom. The van der Waals surface area contributed by atoms with Crippen LogP contribution >= 0.6 is 0 Å². The van der Waals surface area contributed by atoms with Crippen molar-refractivity contribution in [3.63, 3.8) is 0 Å². The molecule has 2 heterocycles. The Morgan fingerprint density at radius 1 is 1.02 bits per heavy atom. The number of hydrogen-bond acceptors (Lipinski definition) is 11. The van der Waals surface area contributed by atoms with E-state index in [1.807, 2.05) is 0 Å². The molecule has 0 saturated heterocycles. The topological polar surface area (TPSA) is 224 Å². The monoisotopic (exact) mass is 587 g/mol. The first kappa shape index (κ1) is 28.5. The van der Waals surface area contributed by atoms with Crippen molar-refractivity contribution >= 4 is 34.9 Å². The van der Waals surface area contributed by atoms with E-state index in [1.54, 1.807) is 19.1 Å². The number of amides is 2. The highest BCUT2D eigenvalue weighted by Gasteiger charge is 2.21. The molecule has 3 aromatic carbocycles. The number of nitrogens with two attached hydrogens (primary N) is 1. The molecule has 5 rings (SSSR count). The van der Waals surface area contributed by atoms with Crippen LogP contribution < -0.4 is 32.5 Å². The van der Waals surface area contributed by atoms with Crippen molar-refractivity contribution in [2.75, 3.05) is 11.1 Å².